The van der Waals surface area contributed by atoms with Crippen molar-refractivity contribution in [3.8, 4) is 11.5 Å². The van der Waals surface area contributed by atoms with Gasteiger partial charge in [-0.1, -0.05) is 5.57 Å². The van der Waals surface area contributed by atoms with E-state index in [1.165, 1.54) is 5.57 Å². The Morgan fingerprint density at radius 1 is 1.14 bits per heavy atom. The maximum Gasteiger partial charge on any atom is 0.120 e. The number of hydrogen-bond acceptors (Lipinski definition) is 2. The van der Waals surface area contributed by atoms with Crippen molar-refractivity contribution in [2.45, 2.75) is 13.8 Å². The number of allylic oxidation sites excluding steroid dienone is 1. The quantitative estimate of drug-likeness (QED) is 0.683. The second-order valence-electron chi connectivity index (χ2n) is 3.27. The van der Waals surface area contributed by atoms with Crippen LogP contribution in [0.2, 0.25) is 0 Å². The molecule has 0 aliphatic rings. The molecule has 2 nitrogen and oxygen atoms in total. The first kappa shape index (κ1) is 10.6. The minimum atomic E-state index is 0.620. The van der Waals surface area contributed by atoms with Gasteiger partial charge in [0.2, 0.25) is 0 Å². The van der Waals surface area contributed by atoms with Crippen molar-refractivity contribution in [3.05, 3.63) is 35.9 Å². The van der Waals surface area contributed by atoms with Gasteiger partial charge < -0.3 is 9.47 Å². The molecule has 1 aromatic carbocycles. The minimum Gasteiger partial charge on any atom is -0.497 e. The Balaban J connectivity index is 2.48. The molecule has 1 rings (SSSR count). The first-order valence-electron chi connectivity index (χ1n) is 4.62. The molecule has 76 valence electrons. The molecule has 0 aromatic heterocycles. The SMILES string of the molecule is COc1ccc(OCC=C(C)C)cc1. The summed E-state index contributed by atoms with van der Waals surface area (Å²) >= 11 is 0. The monoisotopic (exact) mass is 192 g/mol. The summed E-state index contributed by atoms with van der Waals surface area (Å²) in [5, 5.41) is 0. The van der Waals surface area contributed by atoms with Crippen LogP contribution in [0.1, 0.15) is 13.8 Å². The van der Waals surface area contributed by atoms with Crippen LogP contribution in [-0.2, 0) is 0 Å². The molecule has 0 fully saturated rings. The summed E-state index contributed by atoms with van der Waals surface area (Å²) in [4.78, 5) is 0. The Morgan fingerprint density at radius 2 is 1.71 bits per heavy atom. The van der Waals surface area contributed by atoms with Gasteiger partial charge >= 0.3 is 0 Å². The third kappa shape index (κ3) is 3.52. The summed E-state index contributed by atoms with van der Waals surface area (Å²) in [6, 6.07) is 7.57. The van der Waals surface area contributed by atoms with Crippen molar-refractivity contribution < 1.29 is 9.47 Å². The van der Waals surface area contributed by atoms with Crippen LogP contribution in [0.15, 0.2) is 35.9 Å². The van der Waals surface area contributed by atoms with Crippen LogP contribution < -0.4 is 9.47 Å². The molecule has 0 atom stereocenters. The zero-order valence-corrected chi connectivity index (χ0v) is 8.91. The lowest BCUT2D eigenvalue weighted by Crippen LogP contribution is -1.93. The lowest BCUT2D eigenvalue weighted by atomic mass is 10.3. The zero-order chi connectivity index (χ0) is 10.4. The predicted molar refractivity (Wildman–Crippen MR) is 57.9 cm³/mol. The van der Waals surface area contributed by atoms with E-state index < -0.39 is 0 Å². The molecule has 0 saturated heterocycles. The fraction of sp³-hybridized carbons (Fsp3) is 0.333. The molecule has 0 spiro atoms. The molecule has 0 unspecified atom stereocenters. The number of methoxy groups -OCH3 is 1. The molecule has 2 heteroatoms. The van der Waals surface area contributed by atoms with Gasteiger partial charge in [-0.05, 0) is 44.2 Å². The Bertz CT molecular complexity index is 295. The molecule has 0 amide bonds. The van der Waals surface area contributed by atoms with Crippen LogP contribution in [0.4, 0.5) is 0 Å². The number of ether oxygens (including phenoxy) is 2. The Labute approximate surface area is 85.2 Å². The second-order valence-corrected chi connectivity index (χ2v) is 3.27. The molecule has 14 heavy (non-hydrogen) atoms. The van der Waals surface area contributed by atoms with Gasteiger partial charge in [-0.25, -0.2) is 0 Å². The van der Waals surface area contributed by atoms with Crippen LogP contribution in [0, 0.1) is 0 Å². The second kappa shape index (κ2) is 5.32. The van der Waals surface area contributed by atoms with Gasteiger partial charge in [-0.2, -0.15) is 0 Å². The van der Waals surface area contributed by atoms with Crippen LogP contribution in [0.5, 0.6) is 11.5 Å². The summed E-state index contributed by atoms with van der Waals surface area (Å²) < 4.78 is 10.5. The average molecular weight is 192 g/mol. The first-order chi connectivity index (χ1) is 6.72. The van der Waals surface area contributed by atoms with Crippen molar-refractivity contribution >= 4 is 0 Å². The van der Waals surface area contributed by atoms with Crippen molar-refractivity contribution in [1.82, 2.24) is 0 Å². The largest absolute Gasteiger partial charge is 0.497 e. The third-order valence-electron chi connectivity index (χ3n) is 1.80. The molecular weight excluding hydrogens is 176 g/mol. The first-order valence-corrected chi connectivity index (χ1v) is 4.62. The molecule has 0 heterocycles. The summed E-state index contributed by atoms with van der Waals surface area (Å²) in [5.74, 6) is 1.71. The Hall–Kier alpha value is -1.44. The number of benzene rings is 1. The highest BCUT2D eigenvalue weighted by atomic mass is 16.5. The lowest BCUT2D eigenvalue weighted by molar-refractivity contribution is 0.360. The Kier molecular flexibility index (Phi) is 4.05. The van der Waals surface area contributed by atoms with E-state index in [1.807, 2.05) is 30.3 Å². The highest BCUT2D eigenvalue weighted by Gasteiger charge is 1.92. The van der Waals surface area contributed by atoms with E-state index in [4.69, 9.17) is 9.47 Å². The third-order valence-corrected chi connectivity index (χ3v) is 1.80. The standard InChI is InChI=1S/C12H16O2/c1-10(2)8-9-14-12-6-4-11(13-3)5-7-12/h4-8H,9H2,1-3H3. The van der Waals surface area contributed by atoms with Gasteiger partial charge in [0.05, 0.1) is 7.11 Å². The van der Waals surface area contributed by atoms with E-state index in [2.05, 4.69) is 13.8 Å². The van der Waals surface area contributed by atoms with Gasteiger partial charge in [-0.3, -0.25) is 0 Å². The highest BCUT2D eigenvalue weighted by Crippen LogP contribution is 2.16. The highest BCUT2D eigenvalue weighted by molar-refractivity contribution is 5.31. The molecule has 0 bridgehead atoms. The van der Waals surface area contributed by atoms with Crippen molar-refractivity contribution in [1.29, 1.82) is 0 Å². The van der Waals surface area contributed by atoms with E-state index in [0.717, 1.165) is 11.5 Å². The number of hydrogen-bond donors (Lipinski definition) is 0. The topological polar surface area (TPSA) is 18.5 Å². The van der Waals surface area contributed by atoms with Gasteiger partial charge in [0, 0.05) is 0 Å². The van der Waals surface area contributed by atoms with Gasteiger partial charge in [0.15, 0.2) is 0 Å². The number of rotatable bonds is 4. The molecule has 0 radical (unpaired) electrons. The molecule has 0 N–H and O–H groups in total. The van der Waals surface area contributed by atoms with E-state index >= 15 is 0 Å². The molecule has 1 aromatic rings. The van der Waals surface area contributed by atoms with Gasteiger partial charge in [0.1, 0.15) is 18.1 Å². The van der Waals surface area contributed by atoms with Crippen molar-refractivity contribution in [3.63, 3.8) is 0 Å². The normalized spacial score (nSPS) is 9.36. The fourth-order valence-electron chi connectivity index (χ4n) is 0.977. The lowest BCUT2D eigenvalue weighted by Gasteiger charge is -2.04. The van der Waals surface area contributed by atoms with Crippen LogP contribution in [-0.4, -0.2) is 13.7 Å². The van der Waals surface area contributed by atoms with E-state index in [9.17, 15) is 0 Å². The van der Waals surface area contributed by atoms with Gasteiger partial charge in [0.25, 0.3) is 0 Å². The maximum absolute atomic E-state index is 5.48. The van der Waals surface area contributed by atoms with Gasteiger partial charge in [-0.15, -0.1) is 0 Å². The summed E-state index contributed by atoms with van der Waals surface area (Å²) in [6.07, 6.45) is 2.05. The predicted octanol–water partition coefficient (Wildman–Crippen LogP) is 3.04. The average Bonchev–Trinajstić information content (AvgIpc) is 2.18. The van der Waals surface area contributed by atoms with Crippen molar-refractivity contribution in [2.24, 2.45) is 0 Å². The maximum atomic E-state index is 5.48. The van der Waals surface area contributed by atoms with E-state index in [0.29, 0.717) is 6.61 Å². The van der Waals surface area contributed by atoms with E-state index in [1.54, 1.807) is 7.11 Å². The summed E-state index contributed by atoms with van der Waals surface area (Å²) in [7, 11) is 1.65. The summed E-state index contributed by atoms with van der Waals surface area (Å²) in [5.41, 5.74) is 1.26. The van der Waals surface area contributed by atoms with Crippen molar-refractivity contribution in [2.75, 3.05) is 13.7 Å². The van der Waals surface area contributed by atoms with E-state index in [-0.39, 0.29) is 0 Å². The Morgan fingerprint density at radius 3 is 2.21 bits per heavy atom. The molecule has 0 aliphatic heterocycles. The smallest absolute Gasteiger partial charge is 0.120 e. The summed E-state index contributed by atoms with van der Waals surface area (Å²) in [6.45, 7) is 4.73. The minimum absolute atomic E-state index is 0.620. The zero-order valence-electron chi connectivity index (χ0n) is 8.91. The van der Waals surface area contributed by atoms with Crippen LogP contribution >= 0.6 is 0 Å². The fourth-order valence-corrected chi connectivity index (χ4v) is 0.977. The van der Waals surface area contributed by atoms with Crippen LogP contribution in [0.3, 0.4) is 0 Å². The molecule has 0 saturated carbocycles. The molecule has 0 aliphatic carbocycles. The van der Waals surface area contributed by atoms with Crippen LogP contribution in [0.25, 0.3) is 0 Å². The molecular formula is C12H16O2.